The number of azide groups is 1. The fraction of sp³-hybridized carbons (Fsp3) is 0.273. The van der Waals surface area contributed by atoms with Crippen LogP contribution in [0, 0.1) is 17.7 Å². The zero-order chi connectivity index (χ0) is 13.6. The van der Waals surface area contributed by atoms with Gasteiger partial charge < -0.3 is 0 Å². The lowest BCUT2D eigenvalue weighted by Gasteiger charge is -2.08. The van der Waals surface area contributed by atoms with E-state index >= 15 is 0 Å². The molecule has 18 heavy (non-hydrogen) atoms. The normalized spacial score (nSPS) is 10.2. The van der Waals surface area contributed by atoms with Gasteiger partial charge in [0, 0.05) is 23.4 Å². The van der Waals surface area contributed by atoms with Crippen molar-refractivity contribution >= 4 is 0 Å². The van der Waals surface area contributed by atoms with Gasteiger partial charge in [-0.15, -0.1) is 0 Å². The monoisotopic (exact) mass is 257 g/mol. The summed E-state index contributed by atoms with van der Waals surface area (Å²) in [6, 6.07) is 2.28. The maximum Gasteiger partial charge on any atom is 0.417 e. The lowest BCUT2D eigenvalue weighted by molar-refractivity contribution is -0.137. The molecule has 3 nitrogen and oxygen atoms in total. The highest BCUT2D eigenvalue weighted by Crippen LogP contribution is 2.32. The molecule has 0 aliphatic heterocycles. The minimum Gasteiger partial charge on any atom is -0.207 e. The Morgan fingerprint density at radius 1 is 1.33 bits per heavy atom. The maximum atomic E-state index is 12.8. The summed E-state index contributed by atoms with van der Waals surface area (Å²) in [7, 11) is 0. The van der Waals surface area contributed by atoms with E-state index in [2.05, 4.69) is 21.9 Å². The molecule has 0 unspecified atom stereocenters. The van der Waals surface area contributed by atoms with E-state index in [4.69, 9.17) is 5.53 Å². The van der Waals surface area contributed by atoms with Gasteiger partial charge in [-0.25, -0.2) is 4.39 Å². The van der Waals surface area contributed by atoms with Crippen LogP contribution in [0.25, 0.3) is 10.4 Å². The van der Waals surface area contributed by atoms with Crippen LogP contribution in [0.15, 0.2) is 23.3 Å². The Labute approximate surface area is 100 Å². The smallest absolute Gasteiger partial charge is 0.207 e. The molecule has 0 radical (unpaired) electrons. The molecule has 0 N–H and O–H groups in total. The summed E-state index contributed by atoms with van der Waals surface area (Å²) < 4.78 is 50.4. The van der Waals surface area contributed by atoms with Crippen LogP contribution >= 0.6 is 0 Å². The van der Waals surface area contributed by atoms with Gasteiger partial charge in [0.25, 0.3) is 0 Å². The van der Waals surface area contributed by atoms with Crippen molar-refractivity contribution in [2.45, 2.75) is 12.6 Å². The van der Waals surface area contributed by atoms with Crippen LogP contribution in [0.3, 0.4) is 0 Å². The molecular weight excluding hydrogens is 250 g/mol. The Balaban J connectivity index is 2.98. The van der Waals surface area contributed by atoms with Gasteiger partial charge in [0.15, 0.2) is 0 Å². The van der Waals surface area contributed by atoms with Gasteiger partial charge in [0.05, 0.1) is 5.56 Å². The van der Waals surface area contributed by atoms with Gasteiger partial charge in [0.2, 0.25) is 0 Å². The van der Waals surface area contributed by atoms with Crippen molar-refractivity contribution in [1.82, 2.24) is 0 Å². The molecule has 1 rings (SSSR count). The predicted molar refractivity (Wildman–Crippen MR) is 56.9 cm³/mol. The van der Waals surface area contributed by atoms with Crippen molar-refractivity contribution < 1.29 is 17.6 Å². The first kappa shape index (κ1) is 13.9. The van der Waals surface area contributed by atoms with Crippen molar-refractivity contribution in [2.24, 2.45) is 5.11 Å². The van der Waals surface area contributed by atoms with Crippen molar-refractivity contribution in [1.29, 1.82) is 0 Å². The Morgan fingerprint density at radius 3 is 2.67 bits per heavy atom. The molecule has 94 valence electrons. The second kappa shape index (κ2) is 5.94. The maximum absolute atomic E-state index is 12.8. The Hall–Kier alpha value is -2.19. The number of alkyl halides is 3. The van der Waals surface area contributed by atoms with Crippen molar-refractivity contribution in [3.63, 3.8) is 0 Å². The summed E-state index contributed by atoms with van der Waals surface area (Å²) >= 11 is 0. The largest absolute Gasteiger partial charge is 0.417 e. The number of nitrogens with zero attached hydrogens (tertiary/aromatic N) is 3. The molecule has 0 aromatic heterocycles. The summed E-state index contributed by atoms with van der Waals surface area (Å²) in [5, 5.41) is 3.18. The van der Waals surface area contributed by atoms with Crippen LogP contribution in [0.4, 0.5) is 17.6 Å². The summed E-state index contributed by atoms with van der Waals surface area (Å²) in [5.41, 5.74) is 6.57. The van der Waals surface area contributed by atoms with Crippen LogP contribution in [0.2, 0.25) is 0 Å². The molecule has 0 amide bonds. The third kappa shape index (κ3) is 4.00. The van der Waals surface area contributed by atoms with Crippen LogP contribution in [0.1, 0.15) is 17.5 Å². The van der Waals surface area contributed by atoms with E-state index in [1.54, 1.807) is 0 Å². The quantitative estimate of drug-likeness (QED) is 0.193. The van der Waals surface area contributed by atoms with Gasteiger partial charge in [-0.2, -0.15) is 13.2 Å². The fourth-order valence-corrected chi connectivity index (χ4v) is 1.17. The lowest BCUT2D eigenvalue weighted by atomic mass is 10.1. The topological polar surface area (TPSA) is 48.8 Å². The average molecular weight is 257 g/mol. The summed E-state index contributed by atoms with van der Waals surface area (Å²) in [4.78, 5) is 2.48. The van der Waals surface area contributed by atoms with Gasteiger partial charge in [-0.05, 0) is 23.7 Å². The molecule has 0 heterocycles. The molecule has 7 heteroatoms. The molecule has 0 aliphatic rings. The van der Waals surface area contributed by atoms with Crippen LogP contribution < -0.4 is 0 Å². The van der Waals surface area contributed by atoms with Crippen LogP contribution in [-0.4, -0.2) is 6.54 Å². The van der Waals surface area contributed by atoms with E-state index < -0.39 is 17.6 Å². The standard InChI is InChI=1S/C11H7F4N3/c12-9-5-4-8(3-1-2-6-17-18-16)10(7-9)11(13,14)15/h4-5,7H,2,6H2. The van der Waals surface area contributed by atoms with Gasteiger partial charge in [-0.1, -0.05) is 17.0 Å². The first-order valence-corrected chi connectivity index (χ1v) is 4.81. The van der Waals surface area contributed by atoms with E-state index in [1.165, 1.54) is 0 Å². The van der Waals surface area contributed by atoms with Crippen molar-refractivity contribution in [3.05, 3.63) is 45.6 Å². The highest BCUT2D eigenvalue weighted by Gasteiger charge is 2.33. The highest BCUT2D eigenvalue weighted by atomic mass is 19.4. The first-order chi connectivity index (χ1) is 8.45. The molecule has 0 atom stereocenters. The molecular formula is C11H7F4N3. The first-order valence-electron chi connectivity index (χ1n) is 4.81. The minimum absolute atomic E-state index is 0.0754. The Kier molecular flexibility index (Phi) is 4.58. The molecule has 0 saturated heterocycles. The van der Waals surface area contributed by atoms with Crippen molar-refractivity contribution in [3.8, 4) is 11.8 Å². The van der Waals surface area contributed by atoms with Gasteiger partial charge in [0.1, 0.15) is 5.82 Å². The van der Waals surface area contributed by atoms with Gasteiger partial charge in [-0.3, -0.25) is 0 Å². The molecule has 0 spiro atoms. The molecule has 1 aromatic carbocycles. The number of hydrogen-bond acceptors (Lipinski definition) is 1. The predicted octanol–water partition coefficient (Wildman–Crippen LogP) is 3.90. The van der Waals surface area contributed by atoms with E-state index in [9.17, 15) is 17.6 Å². The van der Waals surface area contributed by atoms with E-state index in [-0.39, 0.29) is 18.5 Å². The Bertz CT molecular complexity index is 533. The molecule has 0 aliphatic carbocycles. The van der Waals surface area contributed by atoms with Gasteiger partial charge >= 0.3 is 6.18 Å². The average Bonchev–Trinajstić information content (AvgIpc) is 2.29. The zero-order valence-electron chi connectivity index (χ0n) is 9.00. The zero-order valence-corrected chi connectivity index (χ0v) is 9.00. The van der Waals surface area contributed by atoms with Crippen molar-refractivity contribution in [2.75, 3.05) is 6.54 Å². The number of halogens is 4. The minimum atomic E-state index is -4.66. The number of benzene rings is 1. The lowest BCUT2D eigenvalue weighted by Crippen LogP contribution is -2.08. The Morgan fingerprint density at radius 2 is 2.06 bits per heavy atom. The SMILES string of the molecule is [N-]=[N+]=NCCC#Cc1ccc(F)cc1C(F)(F)F. The number of hydrogen-bond donors (Lipinski definition) is 0. The van der Waals surface area contributed by atoms with Crippen LogP contribution in [-0.2, 0) is 6.18 Å². The molecule has 1 aromatic rings. The third-order valence-electron chi connectivity index (χ3n) is 1.91. The second-order valence-electron chi connectivity index (χ2n) is 3.19. The van der Waals surface area contributed by atoms with Crippen LogP contribution in [0.5, 0.6) is 0 Å². The third-order valence-corrected chi connectivity index (χ3v) is 1.91. The highest BCUT2D eigenvalue weighted by molar-refractivity contribution is 5.43. The second-order valence-corrected chi connectivity index (χ2v) is 3.19. The molecule has 0 bridgehead atoms. The summed E-state index contributed by atoms with van der Waals surface area (Å²) in [5.74, 6) is 3.75. The molecule has 0 fully saturated rings. The summed E-state index contributed by atoms with van der Waals surface area (Å²) in [6.45, 7) is 0.0754. The van der Waals surface area contributed by atoms with E-state index in [1.807, 2.05) is 0 Å². The molecule has 0 saturated carbocycles. The fourth-order valence-electron chi connectivity index (χ4n) is 1.17. The van der Waals surface area contributed by atoms with E-state index in [0.717, 1.165) is 12.1 Å². The summed E-state index contributed by atoms with van der Waals surface area (Å²) in [6.07, 6.45) is -4.52. The van der Waals surface area contributed by atoms with E-state index in [0.29, 0.717) is 6.07 Å². The number of rotatable bonds is 2.